The Morgan fingerprint density at radius 3 is 1.91 bits per heavy atom. The molecular formula is C28H34F6N4O6. The Kier molecular flexibility index (Phi) is 11.4. The predicted octanol–water partition coefficient (Wildman–Crippen LogP) is 4.40. The summed E-state index contributed by atoms with van der Waals surface area (Å²) in [6, 6.07) is 10.6. The molecule has 2 saturated heterocycles. The van der Waals surface area contributed by atoms with Crippen molar-refractivity contribution in [2.75, 3.05) is 39.4 Å². The number of benzene rings is 1. The van der Waals surface area contributed by atoms with Gasteiger partial charge in [0.05, 0.1) is 17.4 Å². The first-order valence-corrected chi connectivity index (χ1v) is 13.9. The summed E-state index contributed by atoms with van der Waals surface area (Å²) in [7, 11) is 0. The molecule has 1 aromatic heterocycles. The zero-order valence-corrected chi connectivity index (χ0v) is 23.9. The Hall–Kier alpha value is -3.66. The van der Waals surface area contributed by atoms with Crippen LogP contribution in [0.3, 0.4) is 0 Å². The van der Waals surface area contributed by atoms with E-state index < -0.39 is 24.3 Å². The number of ether oxygens (including phenoxy) is 1. The molecule has 3 aliphatic rings. The highest BCUT2D eigenvalue weighted by Gasteiger charge is 2.47. The van der Waals surface area contributed by atoms with Gasteiger partial charge in [0, 0.05) is 45.3 Å². The molecule has 2 fully saturated rings. The molecule has 1 aromatic carbocycles. The third kappa shape index (κ3) is 8.28. The van der Waals surface area contributed by atoms with Crippen molar-refractivity contribution in [1.82, 2.24) is 19.4 Å². The van der Waals surface area contributed by atoms with Crippen LogP contribution in [0.2, 0.25) is 0 Å². The van der Waals surface area contributed by atoms with Crippen LogP contribution in [-0.4, -0.2) is 99.2 Å². The fraction of sp³-hybridized carbons (Fsp3) is 0.571. The molecule has 0 radical (unpaired) electrons. The second-order valence-electron chi connectivity index (χ2n) is 10.4. The van der Waals surface area contributed by atoms with Crippen LogP contribution < -0.4 is 0 Å². The highest BCUT2D eigenvalue weighted by Crippen LogP contribution is 2.42. The van der Waals surface area contributed by atoms with Gasteiger partial charge < -0.3 is 24.4 Å². The summed E-state index contributed by atoms with van der Waals surface area (Å²) in [4.78, 5) is 40.5. The quantitative estimate of drug-likeness (QED) is 0.476. The number of halogens is 6. The van der Waals surface area contributed by atoms with E-state index in [1.165, 1.54) is 17.1 Å². The molecule has 3 aliphatic heterocycles. The summed E-state index contributed by atoms with van der Waals surface area (Å²) in [5, 5.41) is 14.2. The Morgan fingerprint density at radius 2 is 1.43 bits per heavy atom. The SMILES string of the molecule is CCN1CCn2c(-c3ccccc3)cnc2C12CCN(C(=O)C1CCOCC1)CC2.O=C(O)C(F)(F)F.O=C(O)C(F)(F)F. The van der Waals surface area contributed by atoms with Crippen LogP contribution in [-0.2, 0) is 31.2 Å². The van der Waals surface area contributed by atoms with Crippen molar-refractivity contribution in [2.24, 2.45) is 5.92 Å². The molecular weight excluding hydrogens is 602 g/mol. The molecule has 2 N–H and O–H groups in total. The van der Waals surface area contributed by atoms with Gasteiger partial charge in [0.25, 0.3) is 0 Å². The lowest BCUT2D eigenvalue weighted by atomic mass is 9.82. The number of carboxylic acids is 2. The molecule has 10 nitrogen and oxygen atoms in total. The third-order valence-electron chi connectivity index (χ3n) is 7.88. The topological polar surface area (TPSA) is 125 Å². The number of nitrogens with zero attached hydrogens (tertiary/aromatic N) is 4. The average Bonchev–Trinajstić information content (AvgIpc) is 3.43. The number of piperidine rings is 1. The van der Waals surface area contributed by atoms with Gasteiger partial charge in [0.2, 0.25) is 5.91 Å². The second kappa shape index (κ2) is 14.4. The minimum atomic E-state index is -5.08. The molecule has 1 spiro atoms. The van der Waals surface area contributed by atoms with Crippen LogP contribution in [0, 0.1) is 5.92 Å². The first-order chi connectivity index (χ1) is 20.6. The lowest BCUT2D eigenvalue weighted by Crippen LogP contribution is -2.58. The van der Waals surface area contributed by atoms with Crippen LogP contribution in [0.15, 0.2) is 36.5 Å². The molecule has 0 atom stereocenters. The van der Waals surface area contributed by atoms with Gasteiger partial charge in [-0.15, -0.1) is 0 Å². The summed E-state index contributed by atoms with van der Waals surface area (Å²) in [6.45, 7) is 8.35. The van der Waals surface area contributed by atoms with Gasteiger partial charge in [-0.2, -0.15) is 26.3 Å². The lowest BCUT2D eigenvalue weighted by Gasteiger charge is -2.51. The number of imidazole rings is 1. The summed E-state index contributed by atoms with van der Waals surface area (Å²) in [5.74, 6) is -3.85. The molecule has 0 unspecified atom stereocenters. The zero-order valence-electron chi connectivity index (χ0n) is 23.9. The van der Waals surface area contributed by atoms with E-state index in [9.17, 15) is 31.1 Å². The van der Waals surface area contributed by atoms with Crippen LogP contribution in [0.5, 0.6) is 0 Å². The summed E-state index contributed by atoms with van der Waals surface area (Å²) in [5.41, 5.74) is 2.37. The number of carbonyl (C=O) groups is 3. The van der Waals surface area contributed by atoms with Crippen LogP contribution in [0.4, 0.5) is 26.3 Å². The molecule has 2 aromatic rings. The Bertz CT molecular complexity index is 1250. The van der Waals surface area contributed by atoms with Crippen molar-refractivity contribution in [3.05, 3.63) is 42.4 Å². The monoisotopic (exact) mass is 636 g/mol. The van der Waals surface area contributed by atoms with E-state index in [1.807, 2.05) is 6.20 Å². The Morgan fingerprint density at radius 1 is 0.909 bits per heavy atom. The molecule has 244 valence electrons. The van der Waals surface area contributed by atoms with Gasteiger partial charge in [-0.1, -0.05) is 37.3 Å². The third-order valence-corrected chi connectivity index (χ3v) is 7.88. The number of alkyl halides is 6. The molecule has 0 bridgehead atoms. The van der Waals surface area contributed by atoms with Crippen LogP contribution in [0.1, 0.15) is 38.4 Å². The Labute approximate surface area is 249 Å². The maximum Gasteiger partial charge on any atom is 0.490 e. The standard InChI is InChI=1S/C24H32N4O2.2C2HF3O2/c1-2-27-14-15-28-21(19-6-4-3-5-7-19)18-25-23(28)24(27)10-12-26(13-11-24)22(29)20-8-16-30-17-9-20;2*3-2(4,5)1(6)7/h3-7,18,20H,2,8-17H2,1H3;2*(H,6,7). The summed E-state index contributed by atoms with van der Waals surface area (Å²) in [6.07, 6.45) is -4.47. The number of amides is 1. The van der Waals surface area contributed by atoms with Crippen LogP contribution >= 0.6 is 0 Å². The van der Waals surface area contributed by atoms with Gasteiger partial charge in [-0.25, -0.2) is 14.6 Å². The van der Waals surface area contributed by atoms with E-state index >= 15 is 0 Å². The van der Waals surface area contributed by atoms with Crippen LogP contribution in [0.25, 0.3) is 11.3 Å². The van der Waals surface area contributed by atoms with E-state index in [0.717, 1.165) is 71.6 Å². The van der Waals surface area contributed by atoms with Crippen molar-refractivity contribution < 1.29 is 55.7 Å². The minimum absolute atomic E-state index is 0.0630. The smallest absolute Gasteiger partial charge is 0.475 e. The second-order valence-corrected chi connectivity index (χ2v) is 10.4. The largest absolute Gasteiger partial charge is 0.490 e. The van der Waals surface area contributed by atoms with E-state index in [4.69, 9.17) is 29.5 Å². The minimum Gasteiger partial charge on any atom is -0.475 e. The number of aliphatic carboxylic acids is 2. The summed E-state index contributed by atoms with van der Waals surface area (Å²) >= 11 is 0. The predicted molar refractivity (Wildman–Crippen MR) is 143 cm³/mol. The average molecular weight is 637 g/mol. The number of carboxylic acid groups (broad SMARTS) is 2. The molecule has 1 amide bonds. The maximum atomic E-state index is 13.0. The molecule has 0 aliphatic carbocycles. The van der Waals surface area contributed by atoms with Gasteiger partial charge in [-0.3, -0.25) is 9.69 Å². The number of hydrogen-bond donors (Lipinski definition) is 2. The van der Waals surface area contributed by atoms with E-state index in [0.29, 0.717) is 5.91 Å². The number of fused-ring (bicyclic) bond motifs is 2. The van der Waals surface area contributed by atoms with E-state index in [-0.39, 0.29) is 11.5 Å². The van der Waals surface area contributed by atoms with E-state index in [2.05, 4.69) is 51.6 Å². The fourth-order valence-electron chi connectivity index (χ4n) is 5.69. The molecule has 4 heterocycles. The van der Waals surface area contributed by atoms with Gasteiger partial charge >= 0.3 is 24.3 Å². The number of aromatic nitrogens is 2. The summed E-state index contributed by atoms with van der Waals surface area (Å²) < 4.78 is 71.3. The Balaban J connectivity index is 0.000000317. The normalized spacial score (nSPS) is 18.8. The molecule has 0 saturated carbocycles. The van der Waals surface area contributed by atoms with Crippen molar-refractivity contribution in [2.45, 2.75) is 57.0 Å². The van der Waals surface area contributed by atoms with E-state index in [1.54, 1.807) is 0 Å². The number of likely N-dealkylation sites (tertiary alicyclic amines) is 1. The van der Waals surface area contributed by atoms with Crippen molar-refractivity contribution >= 4 is 17.8 Å². The highest BCUT2D eigenvalue weighted by molar-refractivity contribution is 5.79. The van der Waals surface area contributed by atoms with Gasteiger partial charge in [0.1, 0.15) is 5.82 Å². The molecule has 44 heavy (non-hydrogen) atoms. The first-order valence-electron chi connectivity index (χ1n) is 13.9. The highest BCUT2D eigenvalue weighted by atomic mass is 19.4. The van der Waals surface area contributed by atoms with Crippen molar-refractivity contribution in [3.63, 3.8) is 0 Å². The van der Waals surface area contributed by atoms with Crippen molar-refractivity contribution in [3.8, 4) is 11.3 Å². The fourth-order valence-corrected chi connectivity index (χ4v) is 5.69. The number of rotatable bonds is 3. The number of carbonyl (C=O) groups excluding carboxylic acids is 1. The lowest BCUT2D eigenvalue weighted by molar-refractivity contribution is -0.193. The van der Waals surface area contributed by atoms with Gasteiger partial charge in [0.15, 0.2) is 0 Å². The zero-order chi connectivity index (χ0) is 32.7. The van der Waals surface area contributed by atoms with Gasteiger partial charge in [-0.05, 0) is 37.8 Å². The number of hydrogen-bond acceptors (Lipinski definition) is 6. The van der Waals surface area contributed by atoms with Crippen molar-refractivity contribution in [1.29, 1.82) is 0 Å². The first kappa shape index (κ1) is 34.8. The molecule has 16 heteroatoms. The number of likely N-dealkylation sites (N-methyl/N-ethyl adjacent to an activating group) is 1. The molecule has 5 rings (SSSR count). The maximum absolute atomic E-state index is 13.0.